The summed E-state index contributed by atoms with van der Waals surface area (Å²) in [5.74, 6) is 1.64. The molecule has 3 aromatic heterocycles. The second kappa shape index (κ2) is 8.61. The van der Waals surface area contributed by atoms with Crippen molar-refractivity contribution in [3.63, 3.8) is 0 Å². The molecule has 0 aliphatic carbocycles. The first-order valence-corrected chi connectivity index (χ1v) is 11.0. The molecule has 0 spiro atoms. The van der Waals surface area contributed by atoms with Crippen molar-refractivity contribution in [1.29, 1.82) is 0 Å². The SMILES string of the molecule is CC1(F)CCN(c2cc(-c3ccc4c(n3)N(C(=O)Nc3cnccn3)CCCN4)ccn2)C1. The van der Waals surface area contributed by atoms with E-state index in [9.17, 15) is 9.18 Å². The van der Waals surface area contributed by atoms with Gasteiger partial charge in [-0.3, -0.25) is 15.2 Å². The van der Waals surface area contributed by atoms with Crippen LogP contribution < -0.4 is 20.4 Å². The third-order valence-corrected chi connectivity index (χ3v) is 5.84. The van der Waals surface area contributed by atoms with Gasteiger partial charge in [0, 0.05) is 50.2 Å². The fourth-order valence-electron chi connectivity index (χ4n) is 4.13. The molecular formula is C23H25FN8O. The number of anilines is 4. The molecule has 9 nitrogen and oxygen atoms in total. The van der Waals surface area contributed by atoms with E-state index in [1.54, 1.807) is 24.2 Å². The summed E-state index contributed by atoms with van der Waals surface area (Å²) in [5.41, 5.74) is 1.14. The topological polar surface area (TPSA) is 99.2 Å². The fraction of sp³-hybridized carbons (Fsp3) is 0.348. The lowest BCUT2D eigenvalue weighted by Crippen LogP contribution is -2.36. The van der Waals surface area contributed by atoms with Crippen LogP contribution in [0.15, 0.2) is 49.1 Å². The first-order chi connectivity index (χ1) is 16.0. The number of aromatic nitrogens is 4. The molecule has 0 radical (unpaired) electrons. The Morgan fingerprint density at radius 2 is 2.09 bits per heavy atom. The lowest BCUT2D eigenvalue weighted by atomic mass is 10.1. The van der Waals surface area contributed by atoms with Crippen LogP contribution >= 0.6 is 0 Å². The number of amides is 2. The number of rotatable bonds is 3. The minimum Gasteiger partial charge on any atom is -0.382 e. The zero-order valence-electron chi connectivity index (χ0n) is 18.3. The van der Waals surface area contributed by atoms with E-state index in [0.717, 1.165) is 30.0 Å². The van der Waals surface area contributed by atoms with Gasteiger partial charge in [-0.05, 0) is 37.6 Å². The van der Waals surface area contributed by atoms with Gasteiger partial charge in [0.2, 0.25) is 0 Å². The molecule has 10 heteroatoms. The number of carbonyl (C=O) groups excluding carboxylic acids is 1. The van der Waals surface area contributed by atoms with Crippen LogP contribution in [0.25, 0.3) is 11.3 Å². The number of halogens is 1. The summed E-state index contributed by atoms with van der Waals surface area (Å²) in [5, 5.41) is 6.13. The number of hydrogen-bond donors (Lipinski definition) is 2. The standard InChI is InChI=1S/C23H25FN8O/c1-23(24)6-12-31(15-23)20-13-16(5-8-28-20)17-3-4-18-21(29-17)32(11-2-7-26-18)22(33)30-19-14-25-9-10-27-19/h3-5,8-10,13-14,26H,2,6-7,11-12,15H2,1H3,(H,27,30,33). The van der Waals surface area contributed by atoms with Crippen molar-refractivity contribution in [3.8, 4) is 11.3 Å². The van der Waals surface area contributed by atoms with Gasteiger partial charge in [-0.25, -0.2) is 24.1 Å². The molecular weight excluding hydrogens is 423 g/mol. The molecule has 2 aliphatic heterocycles. The summed E-state index contributed by atoms with van der Waals surface area (Å²) in [6, 6.07) is 7.32. The Morgan fingerprint density at radius 1 is 1.18 bits per heavy atom. The second-order valence-corrected chi connectivity index (χ2v) is 8.51. The van der Waals surface area contributed by atoms with Gasteiger partial charge in [-0.1, -0.05) is 0 Å². The Kier molecular flexibility index (Phi) is 5.49. The largest absolute Gasteiger partial charge is 0.382 e. The van der Waals surface area contributed by atoms with E-state index < -0.39 is 5.67 Å². The van der Waals surface area contributed by atoms with Gasteiger partial charge in [0.15, 0.2) is 11.6 Å². The number of pyridine rings is 2. The van der Waals surface area contributed by atoms with Crippen molar-refractivity contribution in [3.05, 3.63) is 49.1 Å². The highest BCUT2D eigenvalue weighted by Gasteiger charge is 2.34. The van der Waals surface area contributed by atoms with E-state index in [-0.39, 0.29) is 6.03 Å². The third kappa shape index (κ3) is 4.55. The van der Waals surface area contributed by atoms with Gasteiger partial charge in [0.25, 0.3) is 0 Å². The molecule has 1 atom stereocenters. The summed E-state index contributed by atoms with van der Waals surface area (Å²) in [6.07, 6.45) is 7.54. The highest BCUT2D eigenvalue weighted by molar-refractivity contribution is 6.02. The van der Waals surface area contributed by atoms with Crippen molar-refractivity contribution in [2.45, 2.75) is 25.4 Å². The summed E-state index contributed by atoms with van der Waals surface area (Å²) < 4.78 is 14.3. The Balaban J connectivity index is 1.44. The van der Waals surface area contributed by atoms with Crippen LogP contribution in [0.3, 0.4) is 0 Å². The smallest absolute Gasteiger partial charge is 0.328 e. The predicted molar refractivity (Wildman–Crippen MR) is 125 cm³/mol. The molecule has 2 N–H and O–H groups in total. The molecule has 170 valence electrons. The number of fused-ring (bicyclic) bond motifs is 1. The molecule has 33 heavy (non-hydrogen) atoms. The number of hydrogen-bond acceptors (Lipinski definition) is 7. The Labute approximate surface area is 191 Å². The van der Waals surface area contributed by atoms with E-state index in [0.29, 0.717) is 43.4 Å². The summed E-state index contributed by atoms with van der Waals surface area (Å²) in [6.45, 7) is 3.81. The number of urea groups is 1. The molecule has 1 fully saturated rings. The van der Waals surface area contributed by atoms with Crippen molar-refractivity contribution in [2.24, 2.45) is 0 Å². The number of nitrogens with zero attached hydrogens (tertiary/aromatic N) is 6. The molecule has 1 unspecified atom stereocenters. The van der Waals surface area contributed by atoms with Crippen molar-refractivity contribution in [2.75, 3.05) is 46.6 Å². The third-order valence-electron chi connectivity index (χ3n) is 5.84. The van der Waals surface area contributed by atoms with E-state index in [2.05, 4.69) is 25.6 Å². The minimum absolute atomic E-state index is 0.320. The molecule has 1 saturated heterocycles. The Bertz CT molecular complexity index is 1160. The maximum atomic E-state index is 14.3. The predicted octanol–water partition coefficient (Wildman–Crippen LogP) is 3.73. The van der Waals surface area contributed by atoms with Crippen LogP contribution in [-0.4, -0.2) is 57.8 Å². The van der Waals surface area contributed by atoms with Gasteiger partial charge < -0.3 is 10.2 Å². The molecule has 0 bridgehead atoms. The molecule has 2 amide bonds. The van der Waals surface area contributed by atoms with Crippen LogP contribution in [0.1, 0.15) is 19.8 Å². The highest BCUT2D eigenvalue weighted by atomic mass is 19.1. The van der Waals surface area contributed by atoms with E-state index >= 15 is 0 Å². The zero-order chi connectivity index (χ0) is 22.8. The first kappa shape index (κ1) is 21.0. The Hall–Kier alpha value is -3.82. The molecule has 2 aliphatic rings. The molecule has 5 heterocycles. The van der Waals surface area contributed by atoms with Gasteiger partial charge >= 0.3 is 6.03 Å². The van der Waals surface area contributed by atoms with Crippen LogP contribution in [0.2, 0.25) is 0 Å². The van der Waals surface area contributed by atoms with Crippen molar-refractivity contribution < 1.29 is 9.18 Å². The molecule has 5 rings (SSSR count). The quantitative estimate of drug-likeness (QED) is 0.630. The van der Waals surface area contributed by atoms with Crippen LogP contribution in [0.4, 0.5) is 32.3 Å². The lowest BCUT2D eigenvalue weighted by Gasteiger charge is -2.22. The van der Waals surface area contributed by atoms with Crippen LogP contribution in [0, 0.1) is 0 Å². The van der Waals surface area contributed by atoms with Crippen molar-refractivity contribution >= 4 is 29.2 Å². The maximum Gasteiger partial charge on any atom is 0.328 e. The van der Waals surface area contributed by atoms with E-state index in [1.807, 2.05) is 29.2 Å². The van der Waals surface area contributed by atoms with Gasteiger partial charge in [0.1, 0.15) is 11.5 Å². The average Bonchev–Trinajstić information content (AvgIpc) is 3.06. The molecule has 0 saturated carbocycles. The van der Waals surface area contributed by atoms with E-state index in [4.69, 9.17) is 4.98 Å². The number of carbonyl (C=O) groups is 1. The number of alkyl halides is 1. The Morgan fingerprint density at radius 3 is 2.88 bits per heavy atom. The van der Waals surface area contributed by atoms with Crippen LogP contribution in [-0.2, 0) is 0 Å². The minimum atomic E-state index is -1.21. The normalized spacial score (nSPS) is 20.1. The van der Waals surface area contributed by atoms with Gasteiger partial charge in [0.05, 0.1) is 24.1 Å². The molecule has 3 aromatic rings. The van der Waals surface area contributed by atoms with Crippen molar-refractivity contribution in [1.82, 2.24) is 19.9 Å². The first-order valence-electron chi connectivity index (χ1n) is 11.0. The monoisotopic (exact) mass is 448 g/mol. The summed E-state index contributed by atoms with van der Waals surface area (Å²) in [4.78, 5) is 34.0. The number of nitrogens with one attached hydrogen (secondary N) is 2. The van der Waals surface area contributed by atoms with E-state index in [1.165, 1.54) is 12.4 Å². The van der Waals surface area contributed by atoms with Gasteiger partial charge in [-0.2, -0.15) is 0 Å². The van der Waals surface area contributed by atoms with Crippen LogP contribution in [0.5, 0.6) is 0 Å². The molecule has 0 aromatic carbocycles. The summed E-state index contributed by atoms with van der Waals surface area (Å²) >= 11 is 0. The average molecular weight is 449 g/mol. The zero-order valence-corrected chi connectivity index (χ0v) is 18.3. The second-order valence-electron chi connectivity index (χ2n) is 8.51. The summed E-state index contributed by atoms with van der Waals surface area (Å²) in [7, 11) is 0. The fourth-order valence-corrected chi connectivity index (χ4v) is 4.13. The lowest BCUT2D eigenvalue weighted by molar-refractivity contribution is 0.221. The maximum absolute atomic E-state index is 14.3. The van der Waals surface area contributed by atoms with Gasteiger partial charge in [-0.15, -0.1) is 0 Å². The highest BCUT2D eigenvalue weighted by Crippen LogP contribution is 2.33.